The maximum Gasteiger partial charge on any atom is 0.375 e. The van der Waals surface area contributed by atoms with Crippen LogP contribution in [0.2, 0.25) is 0 Å². The molecule has 23 heavy (non-hydrogen) atoms. The summed E-state index contributed by atoms with van der Waals surface area (Å²) in [6, 6.07) is 5.25. The number of carboxylic acids is 1. The molecule has 124 valence electrons. The second-order valence-electron chi connectivity index (χ2n) is 5.39. The highest BCUT2D eigenvalue weighted by Crippen LogP contribution is 2.37. The van der Waals surface area contributed by atoms with Crippen LogP contribution >= 0.6 is 0 Å². The minimum Gasteiger partial charge on any atom is -0.500 e. The van der Waals surface area contributed by atoms with Crippen molar-refractivity contribution >= 4 is 11.5 Å². The maximum atomic E-state index is 13.2. The summed E-state index contributed by atoms with van der Waals surface area (Å²) in [5, 5.41) is 9.06. The van der Waals surface area contributed by atoms with Crippen LogP contribution in [0.3, 0.4) is 0 Å². The van der Waals surface area contributed by atoms with Gasteiger partial charge in [-0.15, -0.1) is 0 Å². The third-order valence-corrected chi connectivity index (χ3v) is 3.62. The van der Waals surface area contributed by atoms with Gasteiger partial charge >= 0.3 is 5.97 Å². The average Bonchev–Trinajstić information content (AvgIpc) is 2.49. The summed E-state index contributed by atoms with van der Waals surface area (Å²) < 4.78 is 36.5. The normalized spacial score (nSPS) is 17.4. The van der Waals surface area contributed by atoms with Crippen molar-refractivity contribution in [1.29, 1.82) is 0 Å². The molecule has 0 saturated heterocycles. The molecule has 0 bridgehead atoms. The lowest BCUT2D eigenvalue weighted by molar-refractivity contribution is -0.135. The van der Waals surface area contributed by atoms with Crippen LogP contribution in [0.1, 0.15) is 30.4 Å². The van der Waals surface area contributed by atoms with Gasteiger partial charge in [0.1, 0.15) is 12.0 Å². The van der Waals surface area contributed by atoms with Gasteiger partial charge in [-0.2, -0.15) is 0 Å². The first kappa shape index (κ1) is 17.0. The second kappa shape index (κ2) is 6.81. The lowest BCUT2D eigenvalue weighted by Gasteiger charge is -2.22. The summed E-state index contributed by atoms with van der Waals surface area (Å²) in [6.07, 6.45) is 2.33. The molecule has 0 heterocycles. The minimum absolute atomic E-state index is 0.188. The van der Waals surface area contributed by atoms with Gasteiger partial charge in [-0.1, -0.05) is 18.2 Å². The first-order chi connectivity index (χ1) is 10.8. The molecule has 0 fully saturated rings. The number of carbonyl (C=O) groups is 1. The molecule has 6 heteroatoms. The number of hydrogen-bond acceptors (Lipinski definition) is 3. The van der Waals surface area contributed by atoms with Crippen LogP contribution in [0.15, 0.2) is 36.3 Å². The molecule has 0 aliphatic heterocycles. The summed E-state index contributed by atoms with van der Waals surface area (Å²) in [5.41, 5.74) is 2.30. The lowest BCUT2D eigenvalue weighted by Crippen LogP contribution is -2.18. The summed E-state index contributed by atoms with van der Waals surface area (Å²) in [6.45, 7) is 1.77. The monoisotopic (exact) mass is 324 g/mol. The predicted molar refractivity (Wildman–Crippen MR) is 81.3 cm³/mol. The Kier molecular flexibility index (Phi) is 5.03. The molecule has 0 spiro atoms. The largest absolute Gasteiger partial charge is 0.500 e. The van der Waals surface area contributed by atoms with Crippen molar-refractivity contribution in [3.05, 3.63) is 47.4 Å². The number of methoxy groups -OCH3 is 1. The highest BCUT2D eigenvalue weighted by molar-refractivity contribution is 5.84. The van der Waals surface area contributed by atoms with Crippen molar-refractivity contribution in [3.63, 3.8) is 0 Å². The van der Waals surface area contributed by atoms with E-state index < -0.39 is 11.9 Å². The van der Waals surface area contributed by atoms with Gasteiger partial charge in [0.15, 0.2) is 0 Å². The second-order valence-corrected chi connectivity index (χ2v) is 5.39. The molecule has 1 N–H and O–H groups in total. The molecule has 0 radical (unpaired) electrons. The molecule has 0 aromatic heterocycles. The lowest BCUT2D eigenvalue weighted by atomic mass is 9.91. The van der Waals surface area contributed by atoms with Crippen molar-refractivity contribution in [1.82, 2.24) is 0 Å². The molecule has 0 unspecified atom stereocenters. The number of halogens is 2. The van der Waals surface area contributed by atoms with Gasteiger partial charge < -0.3 is 14.6 Å². The fourth-order valence-electron chi connectivity index (χ4n) is 2.31. The van der Waals surface area contributed by atoms with Crippen molar-refractivity contribution < 1.29 is 28.2 Å². The molecule has 1 aromatic rings. The summed E-state index contributed by atoms with van der Waals surface area (Å²) in [7, 11) is 1.32. The number of hydrogen-bond donors (Lipinski definition) is 1. The van der Waals surface area contributed by atoms with Gasteiger partial charge in [0.25, 0.3) is 5.92 Å². The Bertz CT molecular complexity index is 663. The van der Waals surface area contributed by atoms with Crippen molar-refractivity contribution in [2.45, 2.75) is 32.1 Å². The Labute approximate surface area is 133 Å². The minimum atomic E-state index is -2.65. The summed E-state index contributed by atoms with van der Waals surface area (Å²) in [4.78, 5) is 11.1. The zero-order chi connectivity index (χ0) is 17.0. The Morgan fingerprint density at radius 3 is 2.70 bits per heavy atom. The SMILES string of the molecule is CO/C=C(\Oc1cc(C2=CCC(F)(F)CC2)ccc1C)C(=O)O. The Morgan fingerprint density at radius 1 is 1.39 bits per heavy atom. The summed E-state index contributed by atoms with van der Waals surface area (Å²) in [5.74, 6) is -3.90. The van der Waals surface area contributed by atoms with Crippen LogP contribution in [0.4, 0.5) is 8.78 Å². The van der Waals surface area contributed by atoms with E-state index in [1.54, 1.807) is 19.1 Å². The van der Waals surface area contributed by atoms with Crippen LogP contribution in [0.25, 0.3) is 5.57 Å². The number of allylic oxidation sites excluding steroid dienone is 2. The van der Waals surface area contributed by atoms with E-state index in [-0.39, 0.29) is 25.0 Å². The van der Waals surface area contributed by atoms with Crippen molar-refractivity contribution in [3.8, 4) is 5.75 Å². The Balaban J connectivity index is 2.28. The first-order valence-corrected chi connectivity index (χ1v) is 7.14. The van der Waals surface area contributed by atoms with E-state index in [0.717, 1.165) is 23.0 Å². The van der Waals surface area contributed by atoms with Gasteiger partial charge in [-0.25, -0.2) is 13.6 Å². The molecule has 0 atom stereocenters. The number of alkyl halides is 2. The van der Waals surface area contributed by atoms with E-state index in [9.17, 15) is 13.6 Å². The summed E-state index contributed by atoms with van der Waals surface area (Å²) >= 11 is 0. The van der Waals surface area contributed by atoms with Gasteiger partial charge in [-0.3, -0.25) is 0 Å². The maximum absolute atomic E-state index is 13.2. The van der Waals surface area contributed by atoms with Crippen LogP contribution in [0.5, 0.6) is 5.75 Å². The molecule has 1 aromatic carbocycles. The molecular weight excluding hydrogens is 306 g/mol. The molecule has 1 aliphatic carbocycles. The Morgan fingerprint density at radius 2 is 2.13 bits per heavy atom. The predicted octanol–water partition coefficient (Wildman–Crippen LogP) is 4.15. The van der Waals surface area contributed by atoms with E-state index in [4.69, 9.17) is 9.84 Å². The molecular formula is C17H18F2O4. The fourth-order valence-corrected chi connectivity index (χ4v) is 2.31. The van der Waals surface area contributed by atoms with Crippen LogP contribution in [0, 0.1) is 6.92 Å². The Hall–Kier alpha value is -2.37. The van der Waals surface area contributed by atoms with Crippen LogP contribution in [-0.2, 0) is 9.53 Å². The number of aryl methyl sites for hydroxylation is 1. The standard InChI is InChI=1S/C17H18F2O4/c1-11-3-4-13(12-5-7-17(18,19)8-6-12)9-14(11)23-15(10-22-2)16(20)21/h3-5,9-10H,6-8H2,1-2H3,(H,20,21)/b15-10-. The number of benzene rings is 1. The molecule has 0 amide bonds. The average molecular weight is 324 g/mol. The van der Waals surface area contributed by atoms with E-state index >= 15 is 0 Å². The van der Waals surface area contributed by atoms with E-state index in [2.05, 4.69) is 4.74 Å². The van der Waals surface area contributed by atoms with Gasteiger partial charge in [-0.05, 0) is 36.1 Å². The van der Waals surface area contributed by atoms with Gasteiger partial charge in [0.2, 0.25) is 5.76 Å². The number of rotatable bonds is 5. The highest BCUT2D eigenvalue weighted by Gasteiger charge is 2.31. The zero-order valence-electron chi connectivity index (χ0n) is 12.9. The molecule has 1 aliphatic rings. The van der Waals surface area contributed by atoms with E-state index in [1.807, 2.05) is 6.07 Å². The van der Waals surface area contributed by atoms with Crippen LogP contribution < -0.4 is 4.74 Å². The topological polar surface area (TPSA) is 55.8 Å². The van der Waals surface area contributed by atoms with E-state index in [0.29, 0.717) is 5.75 Å². The fraction of sp³-hybridized carbons (Fsp3) is 0.353. The van der Waals surface area contributed by atoms with E-state index in [1.165, 1.54) is 13.2 Å². The number of aliphatic carboxylic acids is 1. The first-order valence-electron chi connectivity index (χ1n) is 7.14. The van der Waals surface area contributed by atoms with Crippen LogP contribution in [-0.4, -0.2) is 24.1 Å². The molecule has 4 nitrogen and oxygen atoms in total. The molecule has 2 rings (SSSR count). The highest BCUT2D eigenvalue weighted by atomic mass is 19.3. The zero-order valence-corrected chi connectivity index (χ0v) is 12.9. The van der Waals surface area contributed by atoms with Gasteiger partial charge in [0, 0.05) is 12.8 Å². The third-order valence-electron chi connectivity index (χ3n) is 3.62. The van der Waals surface area contributed by atoms with Gasteiger partial charge in [0.05, 0.1) is 7.11 Å². The molecule has 0 saturated carbocycles. The smallest absolute Gasteiger partial charge is 0.375 e. The quantitative estimate of drug-likeness (QED) is 0.653. The number of carboxylic acid groups (broad SMARTS) is 1. The third kappa shape index (κ3) is 4.31. The van der Waals surface area contributed by atoms with Crippen molar-refractivity contribution in [2.75, 3.05) is 7.11 Å². The number of ether oxygens (including phenoxy) is 2. The van der Waals surface area contributed by atoms with Crippen molar-refractivity contribution in [2.24, 2.45) is 0 Å².